The molecule has 220 valence electrons. The van der Waals surface area contributed by atoms with Gasteiger partial charge in [-0.1, -0.05) is 39.3 Å². The van der Waals surface area contributed by atoms with Crippen LogP contribution in [0.25, 0.3) is 11.0 Å². The molecule has 0 saturated heterocycles. The van der Waals surface area contributed by atoms with Crippen molar-refractivity contribution in [3.63, 3.8) is 0 Å². The Hall–Kier alpha value is -4.06. The summed E-state index contributed by atoms with van der Waals surface area (Å²) in [6.07, 6.45) is 11.5. The predicted molar refractivity (Wildman–Crippen MR) is 177 cm³/mol. The third-order valence-electron chi connectivity index (χ3n) is 8.15. The molecule has 0 aliphatic carbocycles. The molecule has 0 bridgehead atoms. The van der Waals surface area contributed by atoms with Crippen molar-refractivity contribution in [1.29, 1.82) is 0 Å². The average molecular weight is 564 g/mol. The number of nitrogens with one attached hydrogen (secondary N) is 1. The lowest BCUT2D eigenvalue weighted by Gasteiger charge is -2.28. The summed E-state index contributed by atoms with van der Waals surface area (Å²) in [5.74, 6) is 3.15. The van der Waals surface area contributed by atoms with Crippen LogP contribution < -0.4 is 15.0 Å². The van der Waals surface area contributed by atoms with Gasteiger partial charge in [0.05, 0.1) is 17.4 Å². The third-order valence-corrected chi connectivity index (χ3v) is 8.15. The fraction of sp³-hybridized carbons (Fsp3) is 0.389. The topological polar surface area (TPSA) is 54.7 Å². The van der Waals surface area contributed by atoms with Crippen LogP contribution in [0.5, 0.6) is 11.5 Å². The fourth-order valence-corrected chi connectivity index (χ4v) is 5.72. The normalized spacial score (nSPS) is 15.7. The molecule has 4 aromatic rings. The lowest BCUT2D eigenvalue weighted by Crippen LogP contribution is -2.29. The molecule has 6 nitrogen and oxygen atoms in total. The molecule has 1 aromatic heterocycles. The highest BCUT2D eigenvalue weighted by Crippen LogP contribution is 2.33. The maximum Gasteiger partial charge on any atom is 0.137 e. The van der Waals surface area contributed by atoms with Gasteiger partial charge in [-0.05, 0) is 98.5 Å². The van der Waals surface area contributed by atoms with Crippen molar-refractivity contribution in [3.8, 4) is 11.5 Å². The van der Waals surface area contributed by atoms with Gasteiger partial charge in [0, 0.05) is 49.3 Å². The van der Waals surface area contributed by atoms with Gasteiger partial charge in [0.1, 0.15) is 17.3 Å². The first kappa shape index (κ1) is 29.4. The Bertz CT molecular complexity index is 1600. The van der Waals surface area contributed by atoms with Gasteiger partial charge < -0.3 is 19.5 Å². The van der Waals surface area contributed by atoms with Crippen molar-refractivity contribution < 1.29 is 4.74 Å². The molecule has 6 heteroatoms. The number of anilines is 2. The molecular formula is C36H45N5O. The van der Waals surface area contributed by atoms with Gasteiger partial charge >= 0.3 is 0 Å². The van der Waals surface area contributed by atoms with Gasteiger partial charge in [0.2, 0.25) is 0 Å². The summed E-state index contributed by atoms with van der Waals surface area (Å²) >= 11 is 0. The Morgan fingerprint density at radius 3 is 2.74 bits per heavy atom. The molecule has 3 aromatic carbocycles. The summed E-state index contributed by atoms with van der Waals surface area (Å²) < 4.78 is 8.28. The molecule has 1 N–H and O–H groups in total. The number of allylic oxidation sites excluding steroid dienone is 1. The van der Waals surface area contributed by atoms with E-state index in [9.17, 15) is 0 Å². The van der Waals surface area contributed by atoms with Crippen LogP contribution in [0, 0.1) is 19.8 Å². The van der Waals surface area contributed by atoms with E-state index in [1.165, 1.54) is 36.1 Å². The number of aromatic nitrogens is 2. The first-order valence-electron chi connectivity index (χ1n) is 15.4. The van der Waals surface area contributed by atoms with Gasteiger partial charge in [0.25, 0.3) is 0 Å². The molecule has 0 amide bonds. The Labute approximate surface area is 251 Å². The molecule has 2 heterocycles. The minimum atomic E-state index is 0.686. The minimum absolute atomic E-state index is 0.686. The van der Waals surface area contributed by atoms with Crippen LogP contribution in [0.3, 0.4) is 0 Å². The van der Waals surface area contributed by atoms with Crippen LogP contribution in [0.2, 0.25) is 0 Å². The minimum Gasteiger partial charge on any atom is -0.457 e. The summed E-state index contributed by atoms with van der Waals surface area (Å²) in [7, 11) is 2.00. The number of amidine groups is 1. The van der Waals surface area contributed by atoms with Gasteiger partial charge in [-0.25, -0.2) is 9.98 Å². The van der Waals surface area contributed by atoms with Crippen LogP contribution in [0.1, 0.15) is 68.7 Å². The highest BCUT2D eigenvalue weighted by molar-refractivity contribution is 6.10. The van der Waals surface area contributed by atoms with Crippen molar-refractivity contribution in [3.05, 3.63) is 89.4 Å². The maximum atomic E-state index is 6.27. The second-order valence-electron chi connectivity index (χ2n) is 11.7. The summed E-state index contributed by atoms with van der Waals surface area (Å²) in [5, 5.41) is 3.66. The zero-order valence-electron chi connectivity index (χ0n) is 26.1. The van der Waals surface area contributed by atoms with Crippen molar-refractivity contribution in [2.45, 2.75) is 66.7 Å². The quantitative estimate of drug-likeness (QED) is 0.163. The number of fused-ring (bicyclic) bond motifs is 2. The first-order chi connectivity index (χ1) is 20.4. The second kappa shape index (κ2) is 13.3. The van der Waals surface area contributed by atoms with Gasteiger partial charge in [-0.2, -0.15) is 0 Å². The first-order valence-corrected chi connectivity index (χ1v) is 15.4. The number of nitrogens with zero attached hydrogens (tertiary/aromatic N) is 4. The van der Waals surface area contributed by atoms with Crippen LogP contribution in [0.4, 0.5) is 11.4 Å². The average Bonchev–Trinajstić information content (AvgIpc) is 3.27. The van der Waals surface area contributed by atoms with E-state index in [1.807, 2.05) is 48.4 Å². The van der Waals surface area contributed by atoms with E-state index in [0.29, 0.717) is 5.92 Å². The zero-order valence-corrected chi connectivity index (χ0v) is 26.1. The number of benzene rings is 3. The number of imidazole rings is 1. The van der Waals surface area contributed by atoms with Gasteiger partial charge in [0.15, 0.2) is 0 Å². The number of aryl methyl sites for hydroxylation is 4. The smallest absolute Gasteiger partial charge is 0.137 e. The molecule has 0 fully saturated rings. The Balaban J connectivity index is 1.43. The molecule has 0 radical (unpaired) electrons. The molecule has 0 spiro atoms. The summed E-state index contributed by atoms with van der Waals surface area (Å²) in [6.45, 7) is 13.3. The monoisotopic (exact) mass is 563 g/mol. The van der Waals surface area contributed by atoms with E-state index in [4.69, 9.17) is 9.73 Å². The zero-order chi connectivity index (χ0) is 29.6. The SMILES string of the molecule is CC/C=C/N=C(/Nc1ccc(Oc2ccc3c(c2)ncn3C)c(C)c1)c1cc2c(cc1C)CCC(C)CN2CCCC. The van der Waals surface area contributed by atoms with E-state index in [1.54, 1.807) is 0 Å². The lowest BCUT2D eigenvalue weighted by atomic mass is 9.97. The molecule has 42 heavy (non-hydrogen) atoms. The van der Waals surface area contributed by atoms with Crippen molar-refractivity contribution in [1.82, 2.24) is 9.55 Å². The number of unbranched alkanes of at least 4 members (excludes halogenated alkanes) is 1. The molecule has 1 aliphatic rings. The summed E-state index contributed by atoms with van der Waals surface area (Å²) in [6, 6.07) is 17.0. The van der Waals surface area contributed by atoms with Crippen LogP contribution in [-0.2, 0) is 13.5 Å². The maximum absolute atomic E-state index is 6.27. The highest BCUT2D eigenvalue weighted by atomic mass is 16.5. The number of rotatable bonds is 9. The molecule has 0 saturated carbocycles. The van der Waals surface area contributed by atoms with E-state index < -0.39 is 0 Å². The number of aliphatic imine (C=N–C) groups is 1. The third kappa shape index (κ3) is 6.70. The Morgan fingerprint density at radius 2 is 1.95 bits per heavy atom. The summed E-state index contributed by atoms with van der Waals surface area (Å²) in [5.41, 5.74) is 9.25. The lowest BCUT2D eigenvalue weighted by molar-refractivity contribution is 0.479. The van der Waals surface area contributed by atoms with Crippen LogP contribution in [0.15, 0.2) is 72.1 Å². The van der Waals surface area contributed by atoms with Gasteiger partial charge in [-0.3, -0.25) is 0 Å². The number of ether oxygens (including phenoxy) is 1. The van der Waals surface area contributed by atoms with E-state index in [0.717, 1.165) is 71.1 Å². The van der Waals surface area contributed by atoms with E-state index in [2.05, 4.69) is 80.2 Å². The Kier molecular flexibility index (Phi) is 9.31. The highest BCUT2D eigenvalue weighted by Gasteiger charge is 2.22. The fourth-order valence-electron chi connectivity index (χ4n) is 5.72. The second-order valence-corrected chi connectivity index (χ2v) is 11.7. The Morgan fingerprint density at radius 1 is 1.10 bits per heavy atom. The van der Waals surface area contributed by atoms with Gasteiger partial charge in [-0.15, -0.1) is 0 Å². The van der Waals surface area contributed by atoms with Crippen molar-refractivity contribution in [2.75, 3.05) is 23.3 Å². The number of hydrogen-bond acceptors (Lipinski definition) is 4. The predicted octanol–water partition coefficient (Wildman–Crippen LogP) is 8.95. The number of hydrogen-bond donors (Lipinski definition) is 1. The van der Waals surface area contributed by atoms with E-state index >= 15 is 0 Å². The van der Waals surface area contributed by atoms with Crippen LogP contribution >= 0.6 is 0 Å². The molecule has 1 aliphatic heterocycles. The molecule has 1 atom stereocenters. The standard InChI is InChI=1S/C36H45N5O/c1-7-9-17-37-36(31-22-34-28(19-26(31)4)12-11-25(3)23-41(34)18-10-8-2)39-29-13-16-35(27(5)20-29)42-30-14-15-33-32(21-30)38-24-40(33)6/h9,13-17,19-22,24-25H,7-8,10-12,18,23H2,1-6H3,(H,37,39)/b17-9+. The molecule has 1 unspecified atom stereocenters. The summed E-state index contributed by atoms with van der Waals surface area (Å²) in [4.78, 5) is 12.0. The largest absolute Gasteiger partial charge is 0.457 e. The van der Waals surface area contributed by atoms with Crippen molar-refractivity contribution in [2.24, 2.45) is 18.0 Å². The van der Waals surface area contributed by atoms with E-state index in [-0.39, 0.29) is 0 Å². The molecule has 5 rings (SSSR count). The van der Waals surface area contributed by atoms with Crippen molar-refractivity contribution >= 4 is 28.2 Å². The van der Waals surface area contributed by atoms with Crippen LogP contribution in [-0.4, -0.2) is 28.5 Å². The molecular weight excluding hydrogens is 518 g/mol.